The molecule has 2 saturated heterocycles. The van der Waals surface area contributed by atoms with Gasteiger partial charge in [-0.05, 0) is 66.8 Å². The molecule has 44 heavy (non-hydrogen) atoms. The van der Waals surface area contributed by atoms with Gasteiger partial charge in [0.1, 0.15) is 11.9 Å². The number of aryl methyl sites for hydroxylation is 1. The van der Waals surface area contributed by atoms with Gasteiger partial charge in [0.25, 0.3) is 5.91 Å². The van der Waals surface area contributed by atoms with E-state index < -0.39 is 23.7 Å². The largest absolute Gasteiger partial charge is 0.419 e. The van der Waals surface area contributed by atoms with Gasteiger partial charge in [0.15, 0.2) is 0 Å². The van der Waals surface area contributed by atoms with Crippen LogP contribution in [0.4, 0.5) is 19.0 Å². The molecule has 2 fully saturated rings. The Bertz CT molecular complexity index is 1610. The highest BCUT2D eigenvalue weighted by atomic mass is 35.5. The van der Waals surface area contributed by atoms with Gasteiger partial charge in [-0.3, -0.25) is 24.6 Å². The van der Waals surface area contributed by atoms with Crippen LogP contribution in [0.25, 0.3) is 11.1 Å². The first kappa shape index (κ1) is 30.1. The first-order valence-corrected chi connectivity index (χ1v) is 15.0. The van der Waals surface area contributed by atoms with E-state index in [0.717, 1.165) is 36.6 Å². The quantitative estimate of drug-likeness (QED) is 0.375. The predicted octanol–water partition coefficient (Wildman–Crippen LogP) is 4.94. The topological polar surface area (TPSA) is 85.9 Å². The van der Waals surface area contributed by atoms with E-state index in [-0.39, 0.29) is 24.1 Å². The molecule has 3 amide bonds. The van der Waals surface area contributed by atoms with E-state index in [0.29, 0.717) is 60.9 Å². The summed E-state index contributed by atoms with van der Waals surface area (Å²) in [6.45, 7) is 3.24. The summed E-state index contributed by atoms with van der Waals surface area (Å²) in [6.07, 6.45) is -0.905. The van der Waals surface area contributed by atoms with E-state index in [1.165, 1.54) is 6.20 Å². The van der Waals surface area contributed by atoms with Gasteiger partial charge in [-0.1, -0.05) is 35.9 Å². The molecule has 1 N–H and O–H groups in total. The summed E-state index contributed by atoms with van der Waals surface area (Å²) in [5.74, 6) is -0.990. The van der Waals surface area contributed by atoms with Crippen molar-refractivity contribution in [2.24, 2.45) is 0 Å². The van der Waals surface area contributed by atoms with E-state index >= 15 is 0 Å². The molecule has 6 rings (SSSR count). The van der Waals surface area contributed by atoms with Gasteiger partial charge >= 0.3 is 6.18 Å². The van der Waals surface area contributed by atoms with E-state index in [9.17, 15) is 27.6 Å². The smallest absolute Gasteiger partial charge is 0.354 e. The van der Waals surface area contributed by atoms with Crippen LogP contribution in [0.1, 0.15) is 46.3 Å². The molecule has 0 aliphatic carbocycles. The fourth-order valence-electron chi connectivity index (χ4n) is 6.22. The molecule has 1 atom stereocenters. The molecule has 0 saturated carbocycles. The normalized spacial score (nSPS) is 19.4. The predicted molar refractivity (Wildman–Crippen MR) is 159 cm³/mol. The summed E-state index contributed by atoms with van der Waals surface area (Å²) in [6, 6.07) is 12.9. The van der Waals surface area contributed by atoms with Crippen LogP contribution < -0.4 is 10.2 Å². The highest BCUT2D eigenvalue weighted by Crippen LogP contribution is 2.38. The molecule has 230 valence electrons. The molecule has 0 spiro atoms. The van der Waals surface area contributed by atoms with Crippen LogP contribution in [-0.4, -0.2) is 71.3 Å². The number of hydrogen-bond acceptors (Lipinski definition) is 6. The maximum Gasteiger partial charge on any atom is 0.419 e. The molecule has 3 aliphatic rings. The van der Waals surface area contributed by atoms with E-state index in [4.69, 9.17) is 11.6 Å². The van der Waals surface area contributed by atoms with Crippen molar-refractivity contribution in [2.75, 3.05) is 37.6 Å². The van der Waals surface area contributed by atoms with Crippen LogP contribution >= 0.6 is 11.6 Å². The second-order valence-electron chi connectivity index (χ2n) is 11.4. The number of anilines is 1. The Morgan fingerprint density at radius 1 is 0.977 bits per heavy atom. The highest BCUT2D eigenvalue weighted by molar-refractivity contribution is 6.30. The lowest BCUT2D eigenvalue weighted by Gasteiger charge is -2.36. The van der Waals surface area contributed by atoms with Gasteiger partial charge in [0, 0.05) is 61.5 Å². The summed E-state index contributed by atoms with van der Waals surface area (Å²) in [5, 5.41) is 2.76. The van der Waals surface area contributed by atoms with Crippen molar-refractivity contribution in [2.45, 2.75) is 44.4 Å². The maximum absolute atomic E-state index is 14.1. The number of halogens is 4. The fourth-order valence-corrected chi connectivity index (χ4v) is 6.41. The second-order valence-corrected chi connectivity index (χ2v) is 11.9. The van der Waals surface area contributed by atoms with Crippen molar-refractivity contribution in [1.82, 2.24) is 20.1 Å². The maximum atomic E-state index is 14.1. The minimum Gasteiger partial charge on any atom is -0.354 e. The fraction of sp³-hybridized carbons (Fsp3) is 0.375. The molecule has 3 aromatic rings. The van der Waals surface area contributed by atoms with Gasteiger partial charge in [-0.2, -0.15) is 13.2 Å². The number of fused-ring (bicyclic) bond motifs is 1. The summed E-state index contributed by atoms with van der Waals surface area (Å²) in [4.78, 5) is 46.5. The Morgan fingerprint density at radius 3 is 2.50 bits per heavy atom. The molecule has 4 heterocycles. The van der Waals surface area contributed by atoms with Crippen LogP contribution in [0.2, 0.25) is 5.02 Å². The summed E-state index contributed by atoms with van der Waals surface area (Å²) < 4.78 is 42.2. The number of rotatable bonds is 7. The molecule has 0 bridgehead atoms. The zero-order valence-electron chi connectivity index (χ0n) is 23.9. The Balaban J connectivity index is 1.03. The minimum atomic E-state index is -4.55. The molecule has 2 aromatic carbocycles. The van der Waals surface area contributed by atoms with Crippen molar-refractivity contribution in [3.05, 3.63) is 82.0 Å². The zero-order chi connectivity index (χ0) is 31.0. The molecule has 12 heteroatoms. The van der Waals surface area contributed by atoms with Gasteiger partial charge in [-0.25, -0.2) is 4.98 Å². The molecule has 0 radical (unpaired) electrons. The van der Waals surface area contributed by atoms with Crippen LogP contribution in [0, 0.1) is 0 Å². The van der Waals surface area contributed by atoms with Crippen LogP contribution in [-0.2, 0) is 28.7 Å². The van der Waals surface area contributed by atoms with Crippen molar-refractivity contribution in [3.8, 4) is 11.1 Å². The number of hydrogen-bond donors (Lipinski definition) is 1. The number of nitrogens with zero attached hydrogens (tertiary/aromatic N) is 4. The van der Waals surface area contributed by atoms with Gasteiger partial charge < -0.3 is 9.80 Å². The van der Waals surface area contributed by atoms with Crippen LogP contribution in [0.5, 0.6) is 0 Å². The third-order valence-corrected chi connectivity index (χ3v) is 8.76. The highest BCUT2D eigenvalue weighted by Gasteiger charge is 2.39. The third-order valence-electron chi connectivity index (χ3n) is 8.53. The molecule has 1 unspecified atom stereocenters. The Labute approximate surface area is 257 Å². The Hall–Kier alpha value is -3.96. The number of pyridine rings is 1. The average Bonchev–Trinajstić information content (AvgIpc) is 3.32. The lowest BCUT2D eigenvalue weighted by molar-refractivity contribution is -0.138. The molecule has 8 nitrogen and oxygen atoms in total. The van der Waals surface area contributed by atoms with E-state index in [1.807, 2.05) is 12.1 Å². The SMILES string of the molecule is O=C1CCC(N2Cc3cc(CCCN4CCN(c5ncc(-c6cccc(Cl)c6)cc5C(F)(F)F)CC4)ccc3C2=O)C(=O)N1. The standard InChI is InChI=1S/C32H31ClF3N5O3/c33-24-5-1-4-21(16-24)22-17-26(32(34,35)36)29(37-18-22)40-13-11-39(12-14-40)10-2-3-20-6-7-25-23(15-20)19-41(31(25)44)27-8-9-28(42)38-30(27)43/h1,4-7,15-18,27H,2-3,8-14,19H2,(H,38,42,43). The number of amides is 3. The van der Waals surface area contributed by atoms with Crippen molar-refractivity contribution in [3.63, 3.8) is 0 Å². The summed E-state index contributed by atoms with van der Waals surface area (Å²) in [5.41, 5.74) is 2.73. The Kier molecular flexibility index (Phi) is 8.34. The lowest BCUT2D eigenvalue weighted by Crippen LogP contribution is -2.52. The van der Waals surface area contributed by atoms with Crippen molar-refractivity contribution >= 4 is 35.1 Å². The zero-order valence-corrected chi connectivity index (χ0v) is 24.6. The van der Waals surface area contributed by atoms with E-state index in [1.54, 1.807) is 40.1 Å². The Morgan fingerprint density at radius 2 is 1.77 bits per heavy atom. The third kappa shape index (κ3) is 6.30. The van der Waals surface area contributed by atoms with Crippen LogP contribution in [0.15, 0.2) is 54.7 Å². The monoisotopic (exact) mass is 625 g/mol. The van der Waals surface area contributed by atoms with E-state index in [2.05, 4.69) is 15.2 Å². The number of nitrogens with one attached hydrogen (secondary N) is 1. The average molecular weight is 626 g/mol. The molecule has 1 aromatic heterocycles. The van der Waals surface area contributed by atoms with Crippen molar-refractivity contribution in [1.29, 1.82) is 0 Å². The molecule has 3 aliphatic heterocycles. The van der Waals surface area contributed by atoms with Crippen molar-refractivity contribution < 1.29 is 27.6 Å². The van der Waals surface area contributed by atoms with Crippen LogP contribution in [0.3, 0.4) is 0 Å². The minimum absolute atomic E-state index is 0.0537. The number of aromatic nitrogens is 1. The lowest BCUT2D eigenvalue weighted by atomic mass is 10.0. The number of imide groups is 1. The number of benzene rings is 2. The van der Waals surface area contributed by atoms with Gasteiger partial charge in [-0.15, -0.1) is 0 Å². The second kappa shape index (κ2) is 12.2. The first-order valence-electron chi connectivity index (χ1n) is 14.6. The molecular weight excluding hydrogens is 595 g/mol. The number of piperazine rings is 1. The van der Waals surface area contributed by atoms with Gasteiger partial charge in [0.2, 0.25) is 11.8 Å². The number of carbonyl (C=O) groups is 3. The summed E-state index contributed by atoms with van der Waals surface area (Å²) >= 11 is 6.04. The van der Waals surface area contributed by atoms with Gasteiger partial charge in [0.05, 0.1) is 5.56 Å². The number of carbonyl (C=O) groups excluding carboxylic acids is 3. The number of alkyl halides is 3. The molecular formula is C32H31ClF3N5O3. The first-order chi connectivity index (χ1) is 21.1. The summed E-state index contributed by atoms with van der Waals surface area (Å²) in [7, 11) is 0. The number of piperidine rings is 1.